The molecule has 0 radical (unpaired) electrons. The Kier molecular flexibility index (Phi) is 3.95. The van der Waals surface area contributed by atoms with Gasteiger partial charge >= 0.3 is 0 Å². The predicted molar refractivity (Wildman–Crippen MR) is 81.0 cm³/mol. The van der Waals surface area contributed by atoms with Gasteiger partial charge in [-0.15, -0.1) is 0 Å². The zero-order valence-corrected chi connectivity index (χ0v) is 12.3. The fourth-order valence-corrected chi connectivity index (χ4v) is 3.58. The molecule has 21 heavy (non-hydrogen) atoms. The number of nitrogens with two attached hydrogens (primary N) is 1. The van der Waals surface area contributed by atoms with Crippen LogP contribution in [0.15, 0.2) is 18.2 Å². The first kappa shape index (κ1) is 14.1. The Hall–Kier alpha value is -1.84. The van der Waals surface area contributed by atoms with Crippen molar-refractivity contribution < 1.29 is 9.59 Å². The lowest BCUT2D eigenvalue weighted by atomic mass is 9.97. The number of likely N-dealkylation sites (tertiary alicyclic amines) is 1. The number of rotatable bonds is 3. The molecule has 4 heteroatoms. The Morgan fingerprint density at radius 1 is 1.14 bits per heavy atom. The van der Waals surface area contributed by atoms with Crippen LogP contribution in [0.25, 0.3) is 0 Å². The second-order valence-corrected chi connectivity index (χ2v) is 6.16. The highest BCUT2D eigenvalue weighted by Crippen LogP contribution is 2.26. The Bertz CT molecular complexity index is 568. The molecular weight excluding hydrogens is 264 g/mol. The first-order chi connectivity index (χ1) is 10.1. The largest absolute Gasteiger partial charge is 0.370 e. The average molecular weight is 286 g/mol. The number of benzene rings is 1. The average Bonchev–Trinajstić information content (AvgIpc) is 2.94. The monoisotopic (exact) mass is 286 g/mol. The molecular formula is C17H22N2O2. The number of carbonyl (C=O) groups is 2. The minimum atomic E-state index is -0.325. The van der Waals surface area contributed by atoms with Crippen molar-refractivity contribution in [3.05, 3.63) is 34.9 Å². The topological polar surface area (TPSA) is 63.4 Å². The number of aryl methyl sites for hydroxylation is 2. The van der Waals surface area contributed by atoms with Crippen molar-refractivity contribution in [1.82, 2.24) is 4.90 Å². The SMILES string of the molecule is NC(=O)C[C@H]1CCCCN1C(=O)c1ccc2c(c1)CCC2. The van der Waals surface area contributed by atoms with Gasteiger partial charge in [-0.2, -0.15) is 0 Å². The van der Waals surface area contributed by atoms with E-state index in [4.69, 9.17) is 5.73 Å². The van der Waals surface area contributed by atoms with Crippen LogP contribution in [0, 0.1) is 0 Å². The standard InChI is InChI=1S/C17H22N2O2/c18-16(20)11-15-6-1-2-9-19(15)17(21)14-8-7-12-4-3-5-13(12)10-14/h7-8,10,15H,1-6,9,11H2,(H2,18,20)/t15-/m1/s1. The van der Waals surface area contributed by atoms with Gasteiger partial charge in [-0.05, 0) is 61.8 Å². The third kappa shape index (κ3) is 2.94. The molecule has 1 atom stereocenters. The molecule has 0 aromatic heterocycles. The second kappa shape index (κ2) is 5.88. The van der Waals surface area contributed by atoms with Gasteiger partial charge in [-0.25, -0.2) is 0 Å². The van der Waals surface area contributed by atoms with Crippen LogP contribution in [0.1, 0.15) is 53.6 Å². The zero-order valence-electron chi connectivity index (χ0n) is 12.3. The lowest BCUT2D eigenvalue weighted by molar-refractivity contribution is -0.119. The van der Waals surface area contributed by atoms with E-state index in [9.17, 15) is 9.59 Å². The third-order valence-corrected chi connectivity index (χ3v) is 4.67. The molecule has 0 saturated carbocycles. The van der Waals surface area contributed by atoms with Gasteiger partial charge in [0.05, 0.1) is 0 Å². The van der Waals surface area contributed by atoms with Crippen molar-refractivity contribution >= 4 is 11.8 Å². The van der Waals surface area contributed by atoms with Gasteiger partial charge in [-0.1, -0.05) is 6.07 Å². The van der Waals surface area contributed by atoms with E-state index in [1.807, 2.05) is 17.0 Å². The van der Waals surface area contributed by atoms with Crippen LogP contribution in [0.3, 0.4) is 0 Å². The minimum absolute atomic E-state index is 0.0306. The van der Waals surface area contributed by atoms with Crippen molar-refractivity contribution in [1.29, 1.82) is 0 Å². The summed E-state index contributed by atoms with van der Waals surface area (Å²) in [7, 11) is 0. The third-order valence-electron chi connectivity index (χ3n) is 4.67. The van der Waals surface area contributed by atoms with E-state index in [1.54, 1.807) is 0 Å². The van der Waals surface area contributed by atoms with E-state index in [-0.39, 0.29) is 24.3 Å². The highest BCUT2D eigenvalue weighted by molar-refractivity contribution is 5.95. The quantitative estimate of drug-likeness (QED) is 0.924. The Morgan fingerprint density at radius 2 is 1.95 bits per heavy atom. The number of hydrogen-bond donors (Lipinski definition) is 1. The summed E-state index contributed by atoms with van der Waals surface area (Å²) in [6.07, 6.45) is 6.59. The normalized spacial score (nSPS) is 21.1. The second-order valence-electron chi connectivity index (χ2n) is 6.16. The van der Waals surface area contributed by atoms with Crippen LogP contribution in [-0.2, 0) is 17.6 Å². The van der Waals surface area contributed by atoms with E-state index in [2.05, 4.69) is 6.07 Å². The number of carbonyl (C=O) groups excluding carboxylic acids is 2. The fourth-order valence-electron chi connectivity index (χ4n) is 3.58. The molecule has 1 saturated heterocycles. The van der Waals surface area contributed by atoms with Crippen molar-refractivity contribution in [2.24, 2.45) is 5.73 Å². The van der Waals surface area contributed by atoms with Crippen LogP contribution in [0.2, 0.25) is 0 Å². The van der Waals surface area contributed by atoms with Crippen molar-refractivity contribution in [2.75, 3.05) is 6.54 Å². The molecule has 1 heterocycles. The minimum Gasteiger partial charge on any atom is -0.370 e. The van der Waals surface area contributed by atoms with Gasteiger partial charge in [0, 0.05) is 24.6 Å². The van der Waals surface area contributed by atoms with Crippen LogP contribution in [-0.4, -0.2) is 29.3 Å². The molecule has 2 aliphatic rings. The van der Waals surface area contributed by atoms with Gasteiger partial charge in [-0.3, -0.25) is 9.59 Å². The molecule has 0 spiro atoms. The number of fused-ring (bicyclic) bond motifs is 1. The number of nitrogens with zero attached hydrogens (tertiary/aromatic N) is 1. The summed E-state index contributed by atoms with van der Waals surface area (Å²) in [4.78, 5) is 25.8. The highest BCUT2D eigenvalue weighted by atomic mass is 16.2. The molecule has 3 rings (SSSR count). The van der Waals surface area contributed by atoms with Crippen LogP contribution < -0.4 is 5.73 Å². The van der Waals surface area contributed by atoms with Gasteiger partial charge in [0.15, 0.2) is 0 Å². The van der Waals surface area contributed by atoms with Crippen LogP contribution >= 0.6 is 0 Å². The Labute approximate surface area is 125 Å². The van der Waals surface area contributed by atoms with E-state index in [0.717, 1.165) is 44.2 Å². The number of amides is 2. The molecule has 1 aliphatic carbocycles. The van der Waals surface area contributed by atoms with Gasteiger partial charge < -0.3 is 10.6 Å². The molecule has 2 N–H and O–H groups in total. The molecule has 1 aromatic carbocycles. The summed E-state index contributed by atoms with van der Waals surface area (Å²) in [5.41, 5.74) is 8.76. The highest BCUT2D eigenvalue weighted by Gasteiger charge is 2.29. The van der Waals surface area contributed by atoms with Gasteiger partial charge in [0.25, 0.3) is 5.91 Å². The smallest absolute Gasteiger partial charge is 0.254 e. The summed E-state index contributed by atoms with van der Waals surface area (Å²) in [5, 5.41) is 0. The Morgan fingerprint density at radius 3 is 2.76 bits per heavy atom. The number of piperidine rings is 1. The van der Waals surface area contributed by atoms with Gasteiger partial charge in [0.2, 0.25) is 5.91 Å². The zero-order chi connectivity index (χ0) is 14.8. The fraction of sp³-hybridized carbons (Fsp3) is 0.529. The van der Waals surface area contributed by atoms with E-state index >= 15 is 0 Å². The van der Waals surface area contributed by atoms with Gasteiger partial charge in [0.1, 0.15) is 0 Å². The summed E-state index contributed by atoms with van der Waals surface area (Å²) >= 11 is 0. The van der Waals surface area contributed by atoms with E-state index in [0.29, 0.717) is 0 Å². The van der Waals surface area contributed by atoms with Crippen LogP contribution in [0.5, 0.6) is 0 Å². The molecule has 4 nitrogen and oxygen atoms in total. The van der Waals surface area contributed by atoms with E-state index < -0.39 is 0 Å². The molecule has 112 valence electrons. The lowest BCUT2D eigenvalue weighted by Gasteiger charge is -2.35. The number of primary amides is 1. The van der Waals surface area contributed by atoms with Crippen molar-refractivity contribution in [3.63, 3.8) is 0 Å². The summed E-state index contributed by atoms with van der Waals surface area (Å²) in [5.74, 6) is -0.274. The molecule has 0 unspecified atom stereocenters. The predicted octanol–water partition coefficient (Wildman–Crippen LogP) is 2.05. The summed E-state index contributed by atoms with van der Waals surface area (Å²) < 4.78 is 0. The van der Waals surface area contributed by atoms with Crippen molar-refractivity contribution in [3.8, 4) is 0 Å². The molecule has 1 aliphatic heterocycles. The summed E-state index contributed by atoms with van der Waals surface area (Å²) in [6, 6.07) is 6.03. The van der Waals surface area contributed by atoms with Crippen LogP contribution in [0.4, 0.5) is 0 Å². The summed E-state index contributed by atoms with van der Waals surface area (Å²) in [6.45, 7) is 0.730. The maximum absolute atomic E-state index is 12.8. The lowest BCUT2D eigenvalue weighted by Crippen LogP contribution is -2.45. The first-order valence-corrected chi connectivity index (χ1v) is 7.86. The van der Waals surface area contributed by atoms with Crippen molar-refractivity contribution in [2.45, 2.75) is 51.0 Å². The molecule has 1 fully saturated rings. The Balaban J connectivity index is 1.80. The molecule has 1 aromatic rings. The maximum atomic E-state index is 12.8. The molecule has 0 bridgehead atoms. The maximum Gasteiger partial charge on any atom is 0.254 e. The number of hydrogen-bond acceptors (Lipinski definition) is 2. The van der Waals surface area contributed by atoms with E-state index in [1.165, 1.54) is 17.5 Å². The first-order valence-electron chi connectivity index (χ1n) is 7.86. The molecule has 2 amide bonds.